The average molecular weight is 168 g/mol. The molecule has 0 N–H and O–H groups in total. The van der Waals surface area contributed by atoms with E-state index in [1.54, 1.807) is 13.0 Å². The fourth-order valence-corrected chi connectivity index (χ4v) is 0.906. The number of nitriles is 1. The van der Waals surface area contributed by atoms with Gasteiger partial charge in [0.1, 0.15) is 11.9 Å². The van der Waals surface area contributed by atoms with Crippen LogP contribution in [0.2, 0.25) is 0 Å². The highest BCUT2D eigenvalue weighted by Gasteiger charge is 2.12. The summed E-state index contributed by atoms with van der Waals surface area (Å²) in [4.78, 5) is 3.29. The van der Waals surface area contributed by atoms with Crippen LogP contribution in [0.3, 0.4) is 0 Å². The quantitative estimate of drug-likeness (QED) is 0.641. The van der Waals surface area contributed by atoms with Gasteiger partial charge in [-0.25, -0.2) is 13.8 Å². The van der Waals surface area contributed by atoms with E-state index in [0.29, 0.717) is 0 Å². The normalized spacial score (nSPS) is 9.50. The van der Waals surface area contributed by atoms with Crippen LogP contribution in [0.15, 0.2) is 6.20 Å². The number of hydrogen-bond acceptors (Lipinski definition) is 2. The van der Waals surface area contributed by atoms with Crippen LogP contribution >= 0.6 is 0 Å². The van der Waals surface area contributed by atoms with Gasteiger partial charge in [0.05, 0.1) is 6.20 Å². The first-order valence-corrected chi connectivity index (χ1v) is 3.43. The van der Waals surface area contributed by atoms with Crippen molar-refractivity contribution in [3.05, 3.63) is 29.1 Å². The van der Waals surface area contributed by atoms with Crippen LogP contribution in [0.25, 0.3) is 0 Å². The maximum atomic E-state index is 13.0. The van der Waals surface area contributed by atoms with Crippen LogP contribution in [0, 0.1) is 23.0 Å². The van der Waals surface area contributed by atoms with E-state index >= 15 is 0 Å². The van der Waals surface area contributed by atoms with Gasteiger partial charge in [-0.15, -0.1) is 0 Å². The molecule has 1 aromatic rings. The Kier molecular flexibility index (Phi) is 2.34. The van der Waals surface area contributed by atoms with Crippen molar-refractivity contribution in [2.24, 2.45) is 0 Å². The van der Waals surface area contributed by atoms with Crippen LogP contribution in [-0.4, -0.2) is 4.98 Å². The topological polar surface area (TPSA) is 36.7 Å². The van der Waals surface area contributed by atoms with Crippen molar-refractivity contribution < 1.29 is 8.78 Å². The Morgan fingerprint density at radius 1 is 1.58 bits per heavy atom. The van der Waals surface area contributed by atoms with Gasteiger partial charge in [-0.05, 0) is 6.42 Å². The van der Waals surface area contributed by atoms with E-state index in [1.165, 1.54) is 0 Å². The average Bonchev–Trinajstić information content (AvgIpc) is 2.06. The summed E-state index contributed by atoms with van der Waals surface area (Å²) >= 11 is 0. The van der Waals surface area contributed by atoms with Gasteiger partial charge in [-0.3, -0.25) is 0 Å². The van der Waals surface area contributed by atoms with E-state index in [1.807, 2.05) is 0 Å². The molecule has 1 rings (SSSR count). The Bertz CT molecular complexity index is 342. The minimum absolute atomic E-state index is 0.0819. The number of hydrogen-bond donors (Lipinski definition) is 0. The molecule has 0 aromatic carbocycles. The molecule has 0 atom stereocenters. The Labute approximate surface area is 68.5 Å². The number of pyridine rings is 1. The fourth-order valence-electron chi connectivity index (χ4n) is 0.906. The summed E-state index contributed by atoms with van der Waals surface area (Å²) < 4.78 is 25.8. The largest absolute Gasteiger partial charge is 0.240 e. The smallest absolute Gasteiger partial charge is 0.176 e. The van der Waals surface area contributed by atoms with E-state index in [-0.39, 0.29) is 17.7 Å². The van der Waals surface area contributed by atoms with E-state index in [9.17, 15) is 8.78 Å². The van der Waals surface area contributed by atoms with E-state index < -0.39 is 11.6 Å². The van der Waals surface area contributed by atoms with Gasteiger partial charge in [-0.1, -0.05) is 6.92 Å². The minimum atomic E-state index is -0.847. The Morgan fingerprint density at radius 3 is 2.75 bits per heavy atom. The summed E-state index contributed by atoms with van der Waals surface area (Å²) in [6.07, 6.45) is 1.08. The third-order valence-corrected chi connectivity index (χ3v) is 1.53. The SMILES string of the molecule is CCc1c(F)cnc(C#N)c1F. The third kappa shape index (κ3) is 1.26. The molecule has 0 radical (unpaired) electrons. The molecule has 0 fully saturated rings. The Balaban J connectivity index is 3.36. The van der Waals surface area contributed by atoms with Gasteiger partial charge in [0.25, 0.3) is 0 Å². The molecule has 0 unspecified atom stereocenters. The second-order valence-corrected chi connectivity index (χ2v) is 2.21. The number of nitrogens with zero attached hydrogens (tertiary/aromatic N) is 2. The van der Waals surface area contributed by atoms with E-state index in [4.69, 9.17) is 5.26 Å². The lowest BCUT2D eigenvalue weighted by molar-refractivity contribution is 0.546. The molecule has 0 amide bonds. The molecule has 2 nitrogen and oxygen atoms in total. The molecule has 1 heterocycles. The molecule has 0 aliphatic rings. The van der Waals surface area contributed by atoms with Crippen molar-refractivity contribution in [2.45, 2.75) is 13.3 Å². The van der Waals surface area contributed by atoms with Gasteiger partial charge >= 0.3 is 0 Å². The summed E-state index contributed by atoms with van der Waals surface area (Å²) in [5, 5.41) is 8.35. The second-order valence-electron chi connectivity index (χ2n) is 2.21. The molecule has 1 aromatic heterocycles. The first kappa shape index (κ1) is 8.60. The summed E-state index contributed by atoms with van der Waals surface area (Å²) in [7, 11) is 0. The van der Waals surface area contributed by atoms with Crippen molar-refractivity contribution in [1.82, 2.24) is 4.98 Å². The van der Waals surface area contributed by atoms with Crippen LogP contribution in [-0.2, 0) is 6.42 Å². The van der Waals surface area contributed by atoms with Gasteiger partial charge in [0.2, 0.25) is 0 Å². The second kappa shape index (κ2) is 3.26. The molecule has 0 aliphatic heterocycles. The zero-order valence-electron chi connectivity index (χ0n) is 6.43. The lowest BCUT2D eigenvalue weighted by Crippen LogP contribution is -1.99. The van der Waals surface area contributed by atoms with Crippen molar-refractivity contribution in [1.29, 1.82) is 5.26 Å². The van der Waals surface area contributed by atoms with Crippen molar-refractivity contribution >= 4 is 0 Å². The summed E-state index contributed by atoms with van der Waals surface area (Å²) in [5.41, 5.74) is -0.435. The molecular weight excluding hydrogens is 162 g/mol. The summed E-state index contributed by atoms with van der Waals surface area (Å²) in [5.74, 6) is -1.55. The number of rotatable bonds is 1. The molecule has 0 bridgehead atoms. The molecule has 62 valence electrons. The predicted octanol–water partition coefficient (Wildman–Crippen LogP) is 1.79. The van der Waals surface area contributed by atoms with Gasteiger partial charge < -0.3 is 0 Å². The Morgan fingerprint density at radius 2 is 2.25 bits per heavy atom. The van der Waals surface area contributed by atoms with Gasteiger partial charge in [0.15, 0.2) is 11.5 Å². The van der Waals surface area contributed by atoms with Crippen LogP contribution < -0.4 is 0 Å². The van der Waals surface area contributed by atoms with Crippen LogP contribution in [0.4, 0.5) is 8.78 Å². The number of aromatic nitrogens is 1. The predicted molar refractivity (Wildman–Crippen MR) is 38.2 cm³/mol. The van der Waals surface area contributed by atoms with E-state index in [0.717, 1.165) is 6.20 Å². The highest BCUT2D eigenvalue weighted by atomic mass is 19.1. The van der Waals surface area contributed by atoms with Crippen molar-refractivity contribution in [2.75, 3.05) is 0 Å². The van der Waals surface area contributed by atoms with Gasteiger partial charge in [-0.2, -0.15) is 5.26 Å². The maximum Gasteiger partial charge on any atom is 0.176 e. The number of halogens is 2. The van der Waals surface area contributed by atoms with Crippen molar-refractivity contribution in [3.8, 4) is 6.07 Å². The molecule has 0 saturated carbocycles. The van der Waals surface area contributed by atoms with Crippen molar-refractivity contribution in [3.63, 3.8) is 0 Å². The lowest BCUT2D eigenvalue weighted by atomic mass is 10.1. The standard InChI is InChI=1S/C8H6F2N2/c1-2-5-6(9)4-12-7(3-11)8(5)10/h4H,2H2,1H3. The molecule has 0 aliphatic carbocycles. The fraction of sp³-hybridized carbons (Fsp3) is 0.250. The highest BCUT2D eigenvalue weighted by Crippen LogP contribution is 2.13. The highest BCUT2D eigenvalue weighted by molar-refractivity contribution is 5.28. The first-order valence-electron chi connectivity index (χ1n) is 3.43. The van der Waals surface area contributed by atoms with E-state index in [2.05, 4.69) is 4.98 Å². The first-order chi connectivity index (χ1) is 5.70. The maximum absolute atomic E-state index is 13.0. The van der Waals surface area contributed by atoms with Crippen LogP contribution in [0.1, 0.15) is 18.2 Å². The Hall–Kier alpha value is -1.50. The van der Waals surface area contributed by atoms with Crippen LogP contribution in [0.5, 0.6) is 0 Å². The minimum Gasteiger partial charge on any atom is -0.240 e. The monoisotopic (exact) mass is 168 g/mol. The van der Waals surface area contributed by atoms with Gasteiger partial charge in [0, 0.05) is 5.56 Å². The summed E-state index contributed by atoms with van der Waals surface area (Å²) in [6, 6.07) is 1.54. The zero-order valence-corrected chi connectivity index (χ0v) is 6.43. The summed E-state index contributed by atoms with van der Waals surface area (Å²) in [6.45, 7) is 1.61. The molecule has 0 saturated heterocycles. The molecular formula is C8H6F2N2. The zero-order chi connectivity index (χ0) is 9.14. The molecule has 0 spiro atoms. The third-order valence-electron chi connectivity index (χ3n) is 1.53. The molecule has 4 heteroatoms. The molecule has 12 heavy (non-hydrogen) atoms. The lowest BCUT2D eigenvalue weighted by Gasteiger charge is -2.00.